The van der Waals surface area contributed by atoms with E-state index in [1.54, 1.807) is 0 Å². The highest BCUT2D eigenvalue weighted by Crippen LogP contribution is 2.50. The number of rotatable bonds is 3. The fourth-order valence-corrected chi connectivity index (χ4v) is 11.3. The van der Waals surface area contributed by atoms with Gasteiger partial charge in [0.25, 0.3) is 0 Å². The van der Waals surface area contributed by atoms with E-state index in [2.05, 4.69) is 213 Å². The first-order valence-corrected chi connectivity index (χ1v) is 23.1. The van der Waals surface area contributed by atoms with Crippen molar-refractivity contribution in [3.63, 3.8) is 0 Å². The van der Waals surface area contributed by atoms with Crippen LogP contribution in [0.15, 0.2) is 142 Å². The molecule has 1 aliphatic heterocycles. The van der Waals surface area contributed by atoms with E-state index in [0.717, 1.165) is 60.8 Å². The van der Waals surface area contributed by atoms with Crippen LogP contribution in [0.25, 0.3) is 93.6 Å². The second-order valence-corrected chi connectivity index (χ2v) is 21.4. The molecule has 5 heteroatoms. The summed E-state index contributed by atoms with van der Waals surface area (Å²) in [5, 5.41) is 10.9. The maximum absolute atomic E-state index is 6.78. The quantitative estimate of drug-likeness (QED) is 0.180. The van der Waals surface area contributed by atoms with Crippen LogP contribution in [0.3, 0.4) is 0 Å². The molecule has 0 spiro atoms. The molecule has 4 heterocycles. The van der Waals surface area contributed by atoms with E-state index < -0.39 is 0 Å². The molecule has 1 aliphatic carbocycles. The second kappa shape index (κ2) is 12.8. The zero-order valence-electron chi connectivity index (χ0n) is 38.5. The molecule has 2 aliphatic rings. The number of furan rings is 2. The minimum atomic E-state index is -0.138. The molecule has 13 rings (SSSR count). The highest BCUT2D eigenvalue weighted by atomic mass is 16.3. The van der Waals surface area contributed by atoms with E-state index in [9.17, 15) is 0 Å². The first kappa shape index (κ1) is 38.5. The number of anilines is 2. The molecule has 0 fully saturated rings. The van der Waals surface area contributed by atoms with Gasteiger partial charge in [-0.15, -0.1) is 0 Å². The molecule has 11 aromatic rings. The lowest BCUT2D eigenvalue weighted by molar-refractivity contribution is 0.587. The van der Waals surface area contributed by atoms with Crippen LogP contribution < -0.4 is 16.2 Å². The molecule has 1 radical (unpaired) electrons. The van der Waals surface area contributed by atoms with Crippen molar-refractivity contribution in [3.05, 3.63) is 161 Å². The molecule has 0 atom stereocenters. The van der Waals surface area contributed by atoms with Gasteiger partial charge in [-0.25, -0.2) is 0 Å². The molecule has 0 amide bonds. The third kappa shape index (κ3) is 5.45. The molecule has 4 nitrogen and oxygen atoms in total. The molecule has 8 aromatic carbocycles. The highest BCUT2D eigenvalue weighted by Gasteiger charge is 2.38. The Morgan fingerprint density at radius 3 is 2.02 bits per heavy atom. The molecule has 65 heavy (non-hydrogen) atoms. The van der Waals surface area contributed by atoms with Crippen LogP contribution in [-0.4, -0.2) is 11.8 Å². The van der Waals surface area contributed by atoms with E-state index in [-0.39, 0.29) is 16.2 Å². The molecule has 0 bridgehead atoms. The summed E-state index contributed by atoms with van der Waals surface area (Å²) < 4.78 is 15.9. The zero-order valence-corrected chi connectivity index (χ0v) is 38.5. The highest BCUT2D eigenvalue weighted by molar-refractivity contribution is 6.73. The number of aryl methyl sites for hydroxylation is 1. The third-order valence-corrected chi connectivity index (χ3v) is 14.8. The van der Waals surface area contributed by atoms with Gasteiger partial charge in [0, 0.05) is 66.3 Å². The summed E-state index contributed by atoms with van der Waals surface area (Å²) in [6, 6.07) is 49.7. The standard InChI is InChI=1S/C60H50BN2O2/c1-32-24-43(40-26-41-38-23-20-34(59(5,6)7)25-52(38)65-54(41)31-48(40)62-35-21-18-33(19-22-35)58(2,3)4)56-57-55(32)44-29-53-42(37-15-11-13-17-51(37)64-53)28-49(44)63(57)50-27-39-36-14-10-12-16-45(36)60(8,9)46(39)30-47(50)61-56/h10-31,62H,1-9H3. The minimum absolute atomic E-state index is 0.00177. The Morgan fingerprint density at radius 2 is 1.22 bits per heavy atom. The monoisotopic (exact) mass is 841 g/mol. The van der Waals surface area contributed by atoms with E-state index in [4.69, 9.17) is 8.83 Å². The average molecular weight is 842 g/mol. The van der Waals surface area contributed by atoms with Crippen molar-refractivity contribution in [2.24, 2.45) is 0 Å². The summed E-state index contributed by atoms with van der Waals surface area (Å²) in [6.07, 6.45) is 0. The Labute approximate surface area is 380 Å². The van der Waals surface area contributed by atoms with E-state index >= 15 is 0 Å². The van der Waals surface area contributed by atoms with Gasteiger partial charge in [-0.05, 0) is 116 Å². The Balaban J connectivity index is 1.12. The van der Waals surface area contributed by atoms with Crippen LogP contribution in [0.1, 0.15) is 83.2 Å². The molecule has 315 valence electrons. The Kier molecular flexibility index (Phi) is 7.61. The van der Waals surface area contributed by atoms with E-state index in [1.807, 2.05) is 0 Å². The van der Waals surface area contributed by atoms with Gasteiger partial charge in [0.15, 0.2) is 7.28 Å². The first-order valence-electron chi connectivity index (χ1n) is 23.1. The maximum atomic E-state index is 6.78. The first-order chi connectivity index (χ1) is 31.1. The second-order valence-electron chi connectivity index (χ2n) is 21.4. The van der Waals surface area contributed by atoms with Crippen molar-refractivity contribution >= 4 is 95.3 Å². The summed E-state index contributed by atoms with van der Waals surface area (Å²) >= 11 is 0. The number of nitrogens with zero attached hydrogens (tertiary/aromatic N) is 1. The zero-order chi connectivity index (χ0) is 44.5. The number of hydrogen-bond acceptors (Lipinski definition) is 3. The van der Waals surface area contributed by atoms with Gasteiger partial charge in [0.05, 0.1) is 11.2 Å². The predicted molar refractivity (Wildman–Crippen MR) is 275 cm³/mol. The number of fused-ring (bicyclic) bond motifs is 14. The number of hydrogen-bond donors (Lipinski definition) is 1. The number of benzene rings is 8. The molecular weight excluding hydrogens is 791 g/mol. The maximum Gasteiger partial charge on any atom is 0.197 e. The molecule has 1 N–H and O–H groups in total. The van der Waals surface area contributed by atoms with Crippen molar-refractivity contribution in [1.82, 2.24) is 4.57 Å². The van der Waals surface area contributed by atoms with Crippen molar-refractivity contribution < 1.29 is 8.83 Å². The van der Waals surface area contributed by atoms with Gasteiger partial charge < -0.3 is 18.7 Å². The largest absolute Gasteiger partial charge is 0.456 e. The number of aromatic nitrogens is 1. The topological polar surface area (TPSA) is 43.2 Å². The number of nitrogens with one attached hydrogen (secondary N) is 1. The lowest BCUT2D eigenvalue weighted by atomic mass is 9.58. The minimum Gasteiger partial charge on any atom is -0.456 e. The molecule has 0 unspecified atom stereocenters. The van der Waals surface area contributed by atoms with Gasteiger partial charge in [0.2, 0.25) is 0 Å². The number of para-hydroxylation sites is 1. The molecule has 3 aromatic heterocycles. The van der Waals surface area contributed by atoms with Crippen molar-refractivity contribution in [2.75, 3.05) is 5.32 Å². The van der Waals surface area contributed by atoms with Crippen LogP contribution >= 0.6 is 0 Å². The third-order valence-electron chi connectivity index (χ3n) is 14.8. The fraction of sp³-hybridized carbons (Fsp3) is 0.200. The summed E-state index contributed by atoms with van der Waals surface area (Å²) in [5.74, 6) is 0. The fourth-order valence-electron chi connectivity index (χ4n) is 11.3. The molecule has 0 saturated carbocycles. The Morgan fingerprint density at radius 1 is 0.538 bits per heavy atom. The normalized spacial score (nSPS) is 14.2. The van der Waals surface area contributed by atoms with Crippen LogP contribution in [-0.2, 0) is 16.2 Å². The summed E-state index contributed by atoms with van der Waals surface area (Å²) in [7, 11) is 2.47. The van der Waals surface area contributed by atoms with Gasteiger partial charge in [0.1, 0.15) is 22.3 Å². The predicted octanol–water partition coefficient (Wildman–Crippen LogP) is 15.2. The lowest BCUT2D eigenvalue weighted by Gasteiger charge is -2.27. The van der Waals surface area contributed by atoms with Gasteiger partial charge in [-0.3, -0.25) is 0 Å². The van der Waals surface area contributed by atoms with Gasteiger partial charge in [-0.1, -0.05) is 140 Å². The SMILES string of the molecule is Cc1cc(-c2cc3c(cc2Nc2ccc(C(C)(C)C)cc2)oc2cc(C(C)(C)C)ccc23)c2c3c1c1cc4oc5ccccc5c4cc1n3-c1cc3c(cc1[B]2)C(C)(C)c1ccccc1-3. The van der Waals surface area contributed by atoms with Crippen LogP contribution in [0, 0.1) is 6.92 Å². The van der Waals surface area contributed by atoms with E-state index in [0.29, 0.717) is 0 Å². The van der Waals surface area contributed by atoms with Crippen molar-refractivity contribution in [2.45, 2.75) is 78.6 Å². The Bertz CT molecular complexity index is 3880. The summed E-state index contributed by atoms with van der Waals surface area (Å²) in [5.41, 5.74) is 23.0. The van der Waals surface area contributed by atoms with Crippen molar-refractivity contribution in [1.29, 1.82) is 0 Å². The van der Waals surface area contributed by atoms with Crippen LogP contribution in [0.2, 0.25) is 0 Å². The molecule has 0 saturated heterocycles. The van der Waals surface area contributed by atoms with Gasteiger partial charge in [-0.2, -0.15) is 0 Å². The van der Waals surface area contributed by atoms with Crippen LogP contribution in [0.4, 0.5) is 11.4 Å². The van der Waals surface area contributed by atoms with E-state index in [1.165, 1.54) is 82.9 Å². The Hall–Kier alpha value is -6.98. The summed E-state index contributed by atoms with van der Waals surface area (Å²) in [4.78, 5) is 0. The average Bonchev–Trinajstić information content (AvgIpc) is 3.99. The van der Waals surface area contributed by atoms with Crippen LogP contribution in [0.5, 0.6) is 0 Å². The summed E-state index contributed by atoms with van der Waals surface area (Å²) in [6.45, 7) is 20.6. The smallest absolute Gasteiger partial charge is 0.197 e. The van der Waals surface area contributed by atoms with Crippen molar-refractivity contribution in [3.8, 4) is 27.9 Å². The molecular formula is C60H50BN2O2. The van der Waals surface area contributed by atoms with Gasteiger partial charge >= 0.3 is 0 Å². The lowest BCUT2D eigenvalue weighted by Crippen LogP contribution is -2.38.